The van der Waals surface area contributed by atoms with Crippen molar-refractivity contribution < 1.29 is 9.47 Å². The smallest absolute Gasteiger partial charge is 0.165 e. The molecule has 0 bridgehead atoms. The first-order valence-corrected chi connectivity index (χ1v) is 8.00. The van der Waals surface area contributed by atoms with Crippen molar-refractivity contribution in [2.75, 3.05) is 20.8 Å². The highest BCUT2D eigenvalue weighted by atomic mass is 32.1. The SMILES string of the molecule is CCCNC(Cc1nccs1)c1cccc(OC)c1OC. The molecule has 1 aromatic carbocycles. The molecule has 0 aliphatic rings. The molecule has 1 aromatic heterocycles. The van der Waals surface area contributed by atoms with Crippen LogP contribution in [0.2, 0.25) is 0 Å². The van der Waals surface area contributed by atoms with Gasteiger partial charge in [0.25, 0.3) is 0 Å². The Balaban J connectivity index is 2.31. The number of nitrogens with zero attached hydrogens (tertiary/aromatic N) is 1. The van der Waals surface area contributed by atoms with Gasteiger partial charge in [0.15, 0.2) is 11.5 Å². The van der Waals surface area contributed by atoms with E-state index in [2.05, 4.69) is 23.3 Å². The largest absolute Gasteiger partial charge is 0.493 e. The molecule has 114 valence electrons. The summed E-state index contributed by atoms with van der Waals surface area (Å²) in [4.78, 5) is 4.39. The van der Waals surface area contributed by atoms with Gasteiger partial charge in [-0.1, -0.05) is 19.1 Å². The minimum Gasteiger partial charge on any atom is -0.493 e. The van der Waals surface area contributed by atoms with Crippen LogP contribution in [0.5, 0.6) is 11.5 Å². The first kappa shape index (κ1) is 15.8. The van der Waals surface area contributed by atoms with Crippen molar-refractivity contribution in [2.45, 2.75) is 25.8 Å². The van der Waals surface area contributed by atoms with E-state index in [1.54, 1.807) is 25.6 Å². The molecular weight excluding hydrogens is 284 g/mol. The average molecular weight is 306 g/mol. The van der Waals surface area contributed by atoms with Gasteiger partial charge in [-0.15, -0.1) is 11.3 Å². The van der Waals surface area contributed by atoms with Gasteiger partial charge in [-0.05, 0) is 19.0 Å². The van der Waals surface area contributed by atoms with Crippen molar-refractivity contribution in [3.63, 3.8) is 0 Å². The van der Waals surface area contributed by atoms with E-state index in [-0.39, 0.29) is 6.04 Å². The van der Waals surface area contributed by atoms with E-state index in [0.717, 1.165) is 41.5 Å². The molecule has 0 saturated heterocycles. The molecule has 0 aliphatic carbocycles. The topological polar surface area (TPSA) is 43.4 Å². The normalized spacial score (nSPS) is 12.1. The lowest BCUT2D eigenvalue weighted by Crippen LogP contribution is -2.24. The van der Waals surface area contributed by atoms with Gasteiger partial charge in [0.2, 0.25) is 0 Å². The summed E-state index contributed by atoms with van der Waals surface area (Å²) in [6.07, 6.45) is 3.78. The Bertz CT molecular complexity index is 543. The Morgan fingerprint density at radius 2 is 2.14 bits per heavy atom. The maximum absolute atomic E-state index is 5.57. The number of hydrogen-bond donors (Lipinski definition) is 1. The van der Waals surface area contributed by atoms with Crippen molar-refractivity contribution >= 4 is 11.3 Å². The highest BCUT2D eigenvalue weighted by Gasteiger charge is 2.19. The summed E-state index contributed by atoms with van der Waals surface area (Å²) in [6.45, 7) is 3.12. The number of benzene rings is 1. The number of nitrogens with one attached hydrogen (secondary N) is 1. The van der Waals surface area contributed by atoms with Crippen LogP contribution in [-0.4, -0.2) is 25.7 Å². The fourth-order valence-electron chi connectivity index (χ4n) is 2.33. The number of aromatic nitrogens is 1. The molecule has 1 N–H and O–H groups in total. The van der Waals surface area contributed by atoms with Gasteiger partial charge < -0.3 is 14.8 Å². The summed E-state index contributed by atoms with van der Waals surface area (Å²) in [5.74, 6) is 1.56. The fourth-order valence-corrected chi connectivity index (χ4v) is 2.99. The van der Waals surface area contributed by atoms with Crippen LogP contribution in [0.15, 0.2) is 29.8 Å². The van der Waals surface area contributed by atoms with Crippen LogP contribution in [0, 0.1) is 0 Å². The highest BCUT2D eigenvalue weighted by Crippen LogP contribution is 2.35. The molecule has 2 rings (SSSR count). The summed E-state index contributed by atoms with van der Waals surface area (Å²) in [7, 11) is 3.35. The third-order valence-corrected chi connectivity index (χ3v) is 4.11. The van der Waals surface area contributed by atoms with Crippen LogP contribution < -0.4 is 14.8 Å². The Morgan fingerprint density at radius 3 is 2.76 bits per heavy atom. The van der Waals surface area contributed by atoms with Crippen LogP contribution >= 0.6 is 11.3 Å². The monoisotopic (exact) mass is 306 g/mol. The maximum atomic E-state index is 5.57. The van der Waals surface area contributed by atoms with E-state index >= 15 is 0 Å². The number of rotatable bonds is 8. The molecular formula is C16H22N2O2S. The molecule has 5 heteroatoms. The number of methoxy groups -OCH3 is 2. The first-order valence-electron chi connectivity index (χ1n) is 7.12. The quantitative estimate of drug-likeness (QED) is 0.811. The van der Waals surface area contributed by atoms with Crippen LogP contribution in [0.3, 0.4) is 0 Å². The highest BCUT2D eigenvalue weighted by molar-refractivity contribution is 7.09. The predicted molar refractivity (Wildman–Crippen MR) is 86.4 cm³/mol. The summed E-state index contributed by atoms with van der Waals surface area (Å²) < 4.78 is 11.0. The number of ether oxygens (including phenoxy) is 2. The molecule has 1 atom stereocenters. The molecule has 0 amide bonds. The van der Waals surface area contributed by atoms with E-state index in [1.807, 2.05) is 23.7 Å². The zero-order valence-electron chi connectivity index (χ0n) is 12.8. The van der Waals surface area contributed by atoms with E-state index in [1.165, 1.54) is 0 Å². The summed E-state index contributed by atoms with van der Waals surface area (Å²) in [5.41, 5.74) is 1.11. The van der Waals surface area contributed by atoms with Gasteiger partial charge in [0.05, 0.1) is 19.2 Å². The molecule has 0 radical (unpaired) electrons. The third-order valence-electron chi connectivity index (χ3n) is 3.31. The molecule has 2 aromatic rings. The van der Waals surface area contributed by atoms with Gasteiger partial charge in [-0.2, -0.15) is 0 Å². The van der Waals surface area contributed by atoms with E-state index < -0.39 is 0 Å². The Morgan fingerprint density at radius 1 is 1.29 bits per heavy atom. The lowest BCUT2D eigenvalue weighted by Gasteiger charge is -2.21. The minimum atomic E-state index is 0.168. The second-order valence-corrected chi connectivity index (χ2v) is 5.70. The van der Waals surface area contributed by atoms with Gasteiger partial charge in [0.1, 0.15) is 0 Å². The van der Waals surface area contributed by atoms with Crippen LogP contribution in [0.4, 0.5) is 0 Å². The summed E-state index contributed by atoms with van der Waals surface area (Å²) in [6, 6.07) is 6.17. The molecule has 1 heterocycles. The lowest BCUT2D eigenvalue weighted by atomic mass is 10.0. The molecule has 4 nitrogen and oxygen atoms in total. The standard InChI is InChI=1S/C16H22N2O2S/c1-4-8-17-13(11-15-18-9-10-21-15)12-6-5-7-14(19-2)16(12)20-3/h5-7,9-10,13,17H,4,8,11H2,1-3H3. The molecule has 0 saturated carbocycles. The Hall–Kier alpha value is -1.59. The van der Waals surface area contributed by atoms with Crippen LogP contribution in [-0.2, 0) is 6.42 Å². The Labute approximate surface area is 130 Å². The number of hydrogen-bond acceptors (Lipinski definition) is 5. The third kappa shape index (κ3) is 3.95. The van der Waals surface area contributed by atoms with Crippen molar-refractivity contribution in [3.8, 4) is 11.5 Å². The number of thiazole rings is 1. The van der Waals surface area contributed by atoms with Gasteiger partial charge in [-0.25, -0.2) is 4.98 Å². The molecule has 0 aliphatic heterocycles. The number of para-hydroxylation sites is 1. The van der Waals surface area contributed by atoms with Crippen molar-refractivity contribution in [1.29, 1.82) is 0 Å². The van der Waals surface area contributed by atoms with Gasteiger partial charge >= 0.3 is 0 Å². The molecule has 0 fully saturated rings. The fraction of sp³-hybridized carbons (Fsp3) is 0.438. The minimum absolute atomic E-state index is 0.168. The van der Waals surface area contributed by atoms with E-state index in [4.69, 9.17) is 9.47 Å². The second kappa shape index (κ2) is 8.00. The average Bonchev–Trinajstić information content (AvgIpc) is 3.03. The molecule has 0 spiro atoms. The Kier molecular flexibility index (Phi) is 6.02. The zero-order chi connectivity index (χ0) is 15.1. The van der Waals surface area contributed by atoms with Crippen molar-refractivity contribution in [1.82, 2.24) is 10.3 Å². The summed E-state index contributed by atoms with van der Waals surface area (Å²) >= 11 is 1.68. The van der Waals surface area contributed by atoms with Crippen LogP contribution in [0.1, 0.15) is 30.0 Å². The first-order chi connectivity index (χ1) is 10.3. The zero-order valence-corrected chi connectivity index (χ0v) is 13.6. The van der Waals surface area contributed by atoms with Crippen molar-refractivity contribution in [3.05, 3.63) is 40.3 Å². The van der Waals surface area contributed by atoms with E-state index in [0.29, 0.717) is 0 Å². The van der Waals surface area contributed by atoms with Crippen LogP contribution in [0.25, 0.3) is 0 Å². The van der Waals surface area contributed by atoms with Gasteiger partial charge in [-0.3, -0.25) is 0 Å². The summed E-state index contributed by atoms with van der Waals surface area (Å²) in [5, 5.41) is 6.71. The molecule has 21 heavy (non-hydrogen) atoms. The van der Waals surface area contributed by atoms with Gasteiger partial charge in [0, 0.05) is 29.6 Å². The second-order valence-electron chi connectivity index (χ2n) is 4.72. The van der Waals surface area contributed by atoms with Crippen molar-refractivity contribution in [2.24, 2.45) is 0 Å². The lowest BCUT2D eigenvalue weighted by molar-refractivity contribution is 0.346. The molecule has 1 unspecified atom stereocenters. The van der Waals surface area contributed by atoms with E-state index in [9.17, 15) is 0 Å². The maximum Gasteiger partial charge on any atom is 0.165 e. The predicted octanol–water partition coefficient (Wildman–Crippen LogP) is 3.44.